The Morgan fingerprint density at radius 1 is 1.40 bits per heavy atom. The molecule has 2 atom stereocenters. The number of benzene rings is 1. The zero-order valence-corrected chi connectivity index (χ0v) is 11.5. The van der Waals surface area contributed by atoms with Crippen molar-refractivity contribution in [3.05, 3.63) is 29.1 Å². The molecular formula is C14H18FN3O2. The van der Waals surface area contributed by atoms with Crippen molar-refractivity contribution < 1.29 is 14.0 Å². The van der Waals surface area contributed by atoms with Gasteiger partial charge in [0, 0.05) is 23.4 Å². The first-order valence-corrected chi connectivity index (χ1v) is 6.51. The minimum Gasteiger partial charge on any atom is -0.366 e. The van der Waals surface area contributed by atoms with Gasteiger partial charge in [-0.1, -0.05) is 6.92 Å². The van der Waals surface area contributed by atoms with Crippen LogP contribution in [0.15, 0.2) is 12.1 Å². The maximum absolute atomic E-state index is 13.7. The van der Waals surface area contributed by atoms with Crippen molar-refractivity contribution in [1.29, 1.82) is 0 Å². The number of carbonyl (C=O) groups is 2. The Morgan fingerprint density at radius 3 is 2.65 bits per heavy atom. The van der Waals surface area contributed by atoms with Crippen molar-refractivity contribution in [3.63, 3.8) is 0 Å². The molecule has 1 aliphatic heterocycles. The van der Waals surface area contributed by atoms with E-state index in [-0.39, 0.29) is 23.3 Å². The highest BCUT2D eigenvalue weighted by Crippen LogP contribution is 2.23. The minimum absolute atomic E-state index is 0.0426. The predicted octanol–water partition coefficient (Wildman–Crippen LogP) is 1.03. The number of anilines is 1. The average molecular weight is 279 g/mol. The number of carbonyl (C=O) groups excluding carboxylic acids is 2. The van der Waals surface area contributed by atoms with Crippen LogP contribution in [0.5, 0.6) is 0 Å². The number of hydrogen-bond donors (Lipinski definition) is 3. The molecule has 2 rings (SSSR count). The topological polar surface area (TPSA) is 84.2 Å². The van der Waals surface area contributed by atoms with Crippen molar-refractivity contribution in [3.8, 4) is 0 Å². The molecule has 1 aliphatic rings. The summed E-state index contributed by atoms with van der Waals surface area (Å²) < 4.78 is 13.7. The van der Waals surface area contributed by atoms with Gasteiger partial charge >= 0.3 is 0 Å². The van der Waals surface area contributed by atoms with E-state index in [9.17, 15) is 14.0 Å². The standard InChI is InChI=1S/C14H18FN3O2/c1-7-5-17-6-10(7)14(20)18-12-4-9(13(16)19)3-11(15)8(12)2/h3-4,7,10,17H,5-6H2,1-2H3,(H2,16,19)(H,18,20). The van der Waals surface area contributed by atoms with Crippen molar-refractivity contribution in [2.24, 2.45) is 17.6 Å². The van der Waals surface area contributed by atoms with Gasteiger partial charge in [0.15, 0.2) is 0 Å². The highest BCUT2D eigenvalue weighted by Gasteiger charge is 2.30. The Bertz CT molecular complexity index is 560. The second kappa shape index (κ2) is 5.58. The Hall–Kier alpha value is -1.95. The van der Waals surface area contributed by atoms with Gasteiger partial charge in [-0.3, -0.25) is 9.59 Å². The summed E-state index contributed by atoms with van der Waals surface area (Å²) in [7, 11) is 0. The molecule has 1 aromatic carbocycles. The molecule has 0 saturated carbocycles. The molecule has 0 bridgehead atoms. The number of rotatable bonds is 3. The van der Waals surface area contributed by atoms with Crippen molar-refractivity contribution in [2.75, 3.05) is 18.4 Å². The number of halogens is 1. The Morgan fingerprint density at radius 2 is 2.10 bits per heavy atom. The lowest BCUT2D eigenvalue weighted by molar-refractivity contribution is -0.120. The van der Waals surface area contributed by atoms with E-state index in [1.54, 1.807) is 6.92 Å². The molecule has 1 heterocycles. The molecule has 6 heteroatoms. The zero-order valence-electron chi connectivity index (χ0n) is 11.5. The highest BCUT2D eigenvalue weighted by molar-refractivity contribution is 5.97. The molecule has 2 unspecified atom stereocenters. The predicted molar refractivity (Wildman–Crippen MR) is 73.8 cm³/mol. The van der Waals surface area contributed by atoms with E-state index in [0.717, 1.165) is 12.6 Å². The Balaban J connectivity index is 2.24. The number of amides is 2. The van der Waals surface area contributed by atoms with Gasteiger partial charge in [0.2, 0.25) is 11.8 Å². The van der Waals surface area contributed by atoms with E-state index in [2.05, 4.69) is 10.6 Å². The number of nitrogens with two attached hydrogens (primary N) is 1. The van der Waals surface area contributed by atoms with Crippen LogP contribution in [0.25, 0.3) is 0 Å². The molecule has 0 spiro atoms. The summed E-state index contributed by atoms with van der Waals surface area (Å²) >= 11 is 0. The van der Waals surface area contributed by atoms with Gasteiger partial charge in [-0.05, 0) is 31.5 Å². The summed E-state index contributed by atoms with van der Waals surface area (Å²) in [5, 5.41) is 5.83. The smallest absolute Gasteiger partial charge is 0.248 e. The van der Waals surface area contributed by atoms with Crippen LogP contribution in [-0.2, 0) is 4.79 Å². The van der Waals surface area contributed by atoms with Gasteiger partial charge in [-0.2, -0.15) is 0 Å². The molecule has 0 aliphatic carbocycles. The quantitative estimate of drug-likeness (QED) is 0.772. The Kier molecular flexibility index (Phi) is 4.04. The highest BCUT2D eigenvalue weighted by atomic mass is 19.1. The third kappa shape index (κ3) is 2.80. The van der Waals surface area contributed by atoms with Crippen LogP contribution in [0.2, 0.25) is 0 Å². The summed E-state index contributed by atoms with van der Waals surface area (Å²) in [5.74, 6) is -1.40. The average Bonchev–Trinajstić information content (AvgIpc) is 2.80. The summed E-state index contributed by atoms with van der Waals surface area (Å²) in [6.45, 7) is 4.92. The van der Waals surface area contributed by atoms with E-state index in [1.165, 1.54) is 6.07 Å². The molecule has 2 amide bonds. The van der Waals surface area contributed by atoms with Crippen LogP contribution in [0, 0.1) is 24.6 Å². The van der Waals surface area contributed by atoms with Gasteiger partial charge in [0.05, 0.1) is 5.92 Å². The normalized spacial score (nSPS) is 21.8. The first-order valence-electron chi connectivity index (χ1n) is 6.51. The third-order valence-corrected chi connectivity index (χ3v) is 3.74. The first kappa shape index (κ1) is 14.5. The molecule has 1 saturated heterocycles. The van der Waals surface area contributed by atoms with Crippen LogP contribution in [0.4, 0.5) is 10.1 Å². The SMILES string of the molecule is Cc1c(F)cc(C(N)=O)cc1NC(=O)C1CNCC1C. The molecule has 1 fully saturated rings. The van der Waals surface area contributed by atoms with E-state index >= 15 is 0 Å². The maximum atomic E-state index is 13.7. The molecule has 0 radical (unpaired) electrons. The third-order valence-electron chi connectivity index (χ3n) is 3.74. The lowest BCUT2D eigenvalue weighted by atomic mass is 9.97. The van der Waals surface area contributed by atoms with E-state index < -0.39 is 11.7 Å². The lowest BCUT2D eigenvalue weighted by Crippen LogP contribution is -2.28. The van der Waals surface area contributed by atoms with Crippen LogP contribution < -0.4 is 16.4 Å². The second-order valence-corrected chi connectivity index (χ2v) is 5.23. The molecule has 0 aromatic heterocycles. The number of nitrogens with one attached hydrogen (secondary N) is 2. The Labute approximate surface area is 116 Å². The minimum atomic E-state index is -0.727. The van der Waals surface area contributed by atoms with E-state index in [4.69, 9.17) is 5.73 Å². The van der Waals surface area contributed by atoms with Crippen LogP contribution >= 0.6 is 0 Å². The monoisotopic (exact) mass is 279 g/mol. The number of primary amides is 1. The molecule has 5 nitrogen and oxygen atoms in total. The maximum Gasteiger partial charge on any atom is 0.248 e. The second-order valence-electron chi connectivity index (χ2n) is 5.23. The zero-order chi connectivity index (χ0) is 14.9. The van der Waals surface area contributed by atoms with Crippen LogP contribution in [0.1, 0.15) is 22.8 Å². The fourth-order valence-corrected chi connectivity index (χ4v) is 2.34. The summed E-state index contributed by atoms with van der Waals surface area (Å²) in [6.07, 6.45) is 0. The van der Waals surface area contributed by atoms with Gasteiger partial charge < -0.3 is 16.4 Å². The lowest BCUT2D eigenvalue weighted by Gasteiger charge is -2.16. The van der Waals surface area contributed by atoms with Crippen molar-refractivity contribution in [1.82, 2.24) is 5.32 Å². The first-order chi connectivity index (χ1) is 9.40. The fourth-order valence-electron chi connectivity index (χ4n) is 2.34. The fraction of sp³-hybridized carbons (Fsp3) is 0.429. The molecular weight excluding hydrogens is 261 g/mol. The molecule has 20 heavy (non-hydrogen) atoms. The van der Waals surface area contributed by atoms with E-state index in [1.807, 2.05) is 6.92 Å². The van der Waals surface area contributed by atoms with Gasteiger partial charge in [0.25, 0.3) is 0 Å². The van der Waals surface area contributed by atoms with Crippen LogP contribution in [-0.4, -0.2) is 24.9 Å². The molecule has 108 valence electrons. The summed E-state index contributed by atoms with van der Waals surface area (Å²) in [5.41, 5.74) is 5.78. The molecule has 4 N–H and O–H groups in total. The van der Waals surface area contributed by atoms with Crippen molar-refractivity contribution in [2.45, 2.75) is 13.8 Å². The van der Waals surface area contributed by atoms with E-state index in [0.29, 0.717) is 17.8 Å². The molecule has 1 aromatic rings. The summed E-state index contributed by atoms with van der Waals surface area (Å²) in [4.78, 5) is 23.3. The van der Waals surface area contributed by atoms with Gasteiger partial charge in [-0.25, -0.2) is 4.39 Å². The summed E-state index contributed by atoms with van der Waals surface area (Å²) in [6, 6.07) is 2.48. The number of hydrogen-bond acceptors (Lipinski definition) is 3. The van der Waals surface area contributed by atoms with Gasteiger partial charge in [0.1, 0.15) is 5.82 Å². The van der Waals surface area contributed by atoms with Crippen molar-refractivity contribution >= 4 is 17.5 Å². The van der Waals surface area contributed by atoms with Crippen LogP contribution in [0.3, 0.4) is 0 Å². The largest absolute Gasteiger partial charge is 0.366 e. The van der Waals surface area contributed by atoms with Gasteiger partial charge in [-0.15, -0.1) is 0 Å².